The van der Waals surface area contributed by atoms with Crippen LogP contribution in [0.2, 0.25) is 0 Å². The van der Waals surface area contributed by atoms with Crippen LogP contribution in [0.3, 0.4) is 0 Å². The van der Waals surface area contributed by atoms with Gasteiger partial charge < -0.3 is 11.5 Å². The number of hydrogen-bond acceptors (Lipinski definition) is 2. The fourth-order valence-corrected chi connectivity index (χ4v) is 3.50. The first kappa shape index (κ1) is 18.8. The van der Waals surface area contributed by atoms with Gasteiger partial charge in [0.1, 0.15) is 0 Å². The fraction of sp³-hybridized carbons (Fsp3) is 0.182. The maximum Gasteiger partial charge on any atom is 0.416 e. The molecule has 0 bridgehead atoms. The predicted octanol–water partition coefficient (Wildman–Crippen LogP) is 5.53. The lowest BCUT2D eigenvalue weighted by atomic mass is 9.69. The number of benzene rings is 3. The van der Waals surface area contributed by atoms with Gasteiger partial charge in [-0.1, -0.05) is 48.0 Å². The summed E-state index contributed by atoms with van der Waals surface area (Å²) in [6.45, 7) is 3.78. The molecule has 0 fully saturated rings. The molecule has 1 atom stereocenters. The van der Waals surface area contributed by atoms with Crippen LogP contribution in [0.25, 0.3) is 0 Å². The van der Waals surface area contributed by atoms with Crippen LogP contribution >= 0.6 is 0 Å². The second-order valence-electron chi connectivity index (χ2n) is 6.88. The van der Waals surface area contributed by atoms with E-state index in [1.165, 1.54) is 6.07 Å². The number of alkyl halides is 3. The van der Waals surface area contributed by atoms with E-state index in [4.69, 9.17) is 11.5 Å². The zero-order valence-corrected chi connectivity index (χ0v) is 15.1. The summed E-state index contributed by atoms with van der Waals surface area (Å²) < 4.78 is 40.1. The average Bonchev–Trinajstić information content (AvgIpc) is 2.63. The highest BCUT2D eigenvalue weighted by molar-refractivity contribution is 5.66. The average molecular weight is 370 g/mol. The molecule has 4 N–H and O–H groups in total. The normalized spacial score (nSPS) is 14.0. The Morgan fingerprint density at radius 3 is 1.85 bits per heavy atom. The van der Waals surface area contributed by atoms with Gasteiger partial charge in [0.2, 0.25) is 0 Å². The van der Waals surface area contributed by atoms with Crippen molar-refractivity contribution in [3.8, 4) is 0 Å². The SMILES string of the molecule is Cc1ccc(N)c(C(C)(c2ccccc2)c2cc(C(F)(F)F)ccc2N)c1. The van der Waals surface area contributed by atoms with Crippen molar-refractivity contribution < 1.29 is 13.2 Å². The van der Waals surface area contributed by atoms with Crippen LogP contribution in [0.5, 0.6) is 0 Å². The van der Waals surface area contributed by atoms with Gasteiger partial charge in [0.25, 0.3) is 0 Å². The number of anilines is 2. The second-order valence-corrected chi connectivity index (χ2v) is 6.88. The zero-order chi connectivity index (χ0) is 19.8. The highest BCUT2D eigenvalue weighted by Gasteiger charge is 2.38. The van der Waals surface area contributed by atoms with Gasteiger partial charge in [-0.25, -0.2) is 0 Å². The first-order chi connectivity index (χ1) is 12.6. The number of nitrogen functional groups attached to an aromatic ring is 2. The number of rotatable bonds is 3. The smallest absolute Gasteiger partial charge is 0.398 e. The van der Waals surface area contributed by atoms with Crippen LogP contribution in [-0.4, -0.2) is 0 Å². The lowest BCUT2D eigenvalue weighted by Crippen LogP contribution is -2.28. The minimum atomic E-state index is -4.46. The summed E-state index contributed by atoms with van der Waals surface area (Å²) in [4.78, 5) is 0. The Hall–Kier alpha value is -2.95. The van der Waals surface area contributed by atoms with E-state index in [1.807, 2.05) is 56.3 Å². The first-order valence-corrected chi connectivity index (χ1v) is 8.53. The van der Waals surface area contributed by atoms with Crippen molar-refractivity contribution in [1.82, 2.24) is 0 Å². The summed E-state index contributed by atoms with van der Waals surface area (Å²) in [5.41, 5.74) is 14.4. The third-order valence-corrected chi connectivity index (χ3v) is 5.02. The molecule has 0 amide bonds. The van der Waals surface area contributed by atoms with Crippen LogP contribution in [0.15, 0.2) is 66.7 Å². The molecule has 0 aromatic heterocycles. The van der Waals surface area contributed by atoms with Gasteiger partial charge in [0.15, 0.2) is 0 Å². The Balaban J connectivity index is 2.38. The molecule has 0 radical (unpaired) electrons. The second kappa shape index (κ2) is 6.65. The van der Waals surface area contributed by atoms with E-state index in [0.717, 1.165) is 28.8 Å². The molecule has 0 spiro atoms. The van der Waals surface area contributed by atoms with Crippen LogP contribution in [0.4, 0.5) is 24.5 Å². The van der Waals surface area contributed by atoms with Crippen molar-refractivity contribution in [2.24, 2.45) is 0 Å². The van der Waals surface area contributed by atoms with Gasteiger partial charge in [0, 0.05) is 16.8 Å². The molecular weight excluding hydrogens is 349 g/mol. The van der Waals surface area contributed by atoms with Crippen molar-refractivity contribution in [3.63, 3.8) is 0 Å². The quantitative estimate of drug-likeness (QED) is 0.470. The molecule has 0 aliphatic heterocycles. The molecule has 140 valence electrons. The summed E-state index contributed by atoms with van der Waals surface area (Å²) in [5, 5.41) is 0. The molecule has 27 heavy (non-hydrogen) atoms. The molecular formula is C22H21F3N2. The first-order valence-electron chi connectivity index (χ1n) is 8.53. The molecule has 0 aliphatic carbocycles. The van der Waals surface area contributed by atoms with Gasteiger partial charge in [-0.2, -0.15) is 13.2 Å². The summed E-state index contributed by atoms with van der Waals surface area (Å²) in [7, 11) is 0. The van der Waals surface area contributed by atoms with Crippen LogP contribution in [0, 0.1) is 6.92 Å². The van der Waals surface area contributed by atoms with E-state index in [-0.39, 0.29) is 5.69 Å². The van der Waals surface area contributed by atoms with E-state index in [1.54, 1.807) is 6.07 Å². The van der Waals surface area contributed by atoms with Crippen LogP contribution in [0.1, 0.15) is 34.7 Å². The minimum absolute atomic E-state index is 0.287. The number of halogens is 3. The largest absolute Gasteiger partial charge is 0.416 e. The van der Waals surface area contributed by atoms with Crippen molar-refractivity contribution in [1.29, 1.82) is 0 Å². The number of hydrogen-bond donors (Lipinski definition) is 2. The van der Waals surface area contributed by atoms with E-state index < -0.39 is 17.2 Å². The molecule has 3 aromatic carbocycles. The Labute approximate surface area is 156 Å². The highest BCUT2D eigenvalue weighted by atomic mass is 19.4. The third-order valence-electron chi connectivity index (χ3n) is 5.02. The van der Waals surface area contributed by atoms with E-state index in [9.17, 15) is 13.2 Å². The van der Waals surface area contributed by atoms with E-state index in [2.05, 4.69) is 0 Å². The van der Waals surface area contributed by atoms with Gasteiger partial charge >= 0.3 is 6.18 Å². The number of nitrogens with two attached hydrogens (primary N) is 2. The topological polar surface area (TPSA) is 52.0 Å². The summed E-state index contributed by atoms with van der Waals surface area (Å²) >= 11 is 0. The molecule has 2 nitrogen and oxygen atoms in total. The predicted molar refractivity (Wildman–Crippen MR) is 103 cm³/mol. The van der Waals surface area contributed by atoms with E-state index >= 15 is 0 Å². The van der Waals surface area contributed by atoms with E-state index in [0.29, 0.717) is 11.3 Å². The Morgan fingerprint density at radius 1 is 0.704 bits per heavy atom. The molecule has 3 rings (SSSR count). The molecule has 0 saturated heterocycles. The molecule has 0 saturated carbocycles. The van der Waals surface area contributed by atoms with Crippen LogP contribution in [-0.2, 0) is 11.6 Å². The maximum absolute atomic E-state index is 13.4. The zero-order valence-electron chi connectivity index (χ0n) is 15.1. The van der Waals surface area contributed by atoms with Crippen molar-refractivity contribution >= 4 is 11.4 Å². The summed E-state index contributed by atoms with van der Waals surface area (Å²) in [6, 6.07) is 18.3. The molecule has 3 aromatic rings. The van der Waals surface area contributed by atoms with Crippen LogP contribution < -0.4 is 11.5 Å². The minimum Gasteiger partial charge on any atom is -0.398 e. The molecule has 1 unspecified atom stereocenters. The van der Waals surface area contributed by atoms with Crippen molar-refractivity contribution in [2.45, 2.75) is 25.4 Å². The van der Waals surface area contributed by atoms with Crippen molar-refractivity contribution in [2.75, 3.05) is 11.5 Å². The van der Waals surface area contributed by atoms with Gasteiger partial charge in [-0.3, -0.25) is 0 Å². The molecule has 0 heterocycles. The summed E-state index contributed by atoms with van der Waals surface area (Å²) in [6.07, 6.45) is -4.46. The third kappa shape index (κ3) is 3.37. The molecule has 5 heteroatoms. The van der Waals surface area contributed by atoms with Gasteiger partial charge in [-0.05, 0) is 54.8 Å². The monoisotopic (exact) mass is 370 g/mol. The fourth-order valence-electron chi connectivity index (χ4n) is 3.50. The lowest BCUT2D eigenvalue weighted by Gasteiger charge is -2.34. The lowest BCUT2D eigenvalue weighted by molar-refractivity contribution is -0.137. The number of aryl methyl sites for hydroxylation is 1. The Bertz CT molecular complexity index is 965. The maximum atomic E-state index is 13.4. The summed E-state index contributed by atoms with van der Waals surface area (Å²) in [5.74, 6) is 0. The standard InChI is InChI=1S/C22H21F3N2/c1-14-8-10-19(26)17(12-14)21(2,15-6-4-3-5-7-15)18-13-16(22(23,24)25)9-11-20(18)27/h3-13H,26-27H2,1-2H3. The Kier molecular flexibility index (Phi) is 4.64. The molecule has 0 aliphatic rings. The van der Waals surface area contributed by atoms with Gasteiger partial charge in [-0.15, -0.1) is 0 Å². The van der Waals surface area contributed by atoms with Gasteiger partial charge in [0.05, 0.1) is 5.56 Å². The highest BCUT2D eigenvalue weighted by Crippen LogP contribution is 2.45. The van der Waals surface area contributed by atoms with Crippen molar-refractivity contribution in [3.05, 3.63) is 94.5 Å². The Morgan fingerprint density at radius 2 is 1.26 bits per heavy atom.